The smallest absolute Gasteiger partial charge is 0.416 e. The minimum absolute atomic E-state index is 0.0613. The molecule has 0 atom stereocenters. The van der Waals surface area contributed by atoms with Crippen molar-refractivity contribution in [3.8, 4) is 5.75 Å². The summed E-state index contributed by atoms with van der Waals surface area (Å²) in [4.78, 5) is 15.5. The first-order valence-electron chi connectivity index (χ1n) is 10.5. The monoisotopic (exact) mass is 471 g/mol. The van der Waals surface area contributed by atoms with E-state index in [-0.39, 0.29) is 13.0 Å². The maximum absolute atomic E-state index is 12.8. The van der Waals surface area contributed by atoms with Gasteiger partial charge >= 0.3 is 12.1 Å². The van der Waals surface area contributed by atoms with E-state index in [9.17, 15) is 18.0 Å². The SMILES string of the molecule is C=C(N=C(CC)c1cnn(C)c1COc1ccc(C(F)(F)F)cc1)c1ccc(CC(=O)O)cc1. The van der Waals surface area contributed by atoms with Gasteiger partial charge in [-0.15, -0.1) is 0 Å². The summed E-state index contributed by atoms with van der Waals surface area (Å²) in [7, 11) is 1.75. The number of alkyl halides is 3. The van der Waals surface area contributed by atoms with E-state index in [2.05, 4.69) is 16.7 Å². The second kappa shape index (κ2) is 10.4. The van der Waals surface area contributed by atoms with Crippen LogP contribution in [0.5, 0.6) is 5.75 Å². The summed E-state index contributed by atoms with van der Waals surface area (Å²) in [6.07, 6.45) is -2.22. The lowest BCUT2D eigenvalue weighted by Crippen LogP contribution is -2.10. The first-order valence-corrected chi connectivity index (χ1v) is 10.5. The maximum atomic E-state index is 12.8. The highest BCUT2D eigenvalue weighted by Gasteiger charge is 2.30. The summed E-state index contributed by atoms with van der Waals surface area (Å²) in [5, 5.41) is 13.2. The van der Waals surface area contributed by atoms with E-state index in [1.54, 1.807) is 42.2 Å². The highest BCUT2D eigenvalue weighted by molar-refractivity contribution is 6.03. The van der Waals surface area contributed by atoms with E-state index in [4.69, 9.17) is 9.84 Å². The molecule has 6 nitrogen and oxygen atoms in total. The van der Waals surface area contributed by atoms with Gasteiger partial charge in [0.1, 0.15) is 12.4 Å². The summed E-state index contributed by atoms with van der Waals surface area (Å²) < 4.78 is 45.6. The van der Waals surface area contributed by atoms with Gasteiger partial charge in [-0.1, -0.05) is 37.8 Å². The number of carboxylic acid groups (broad SMARTS) is 1. The number of carbonyl (C=O) groups is 1. The Balaban J connectivity index is 1.77. The molecule has 0 amide bonds. The molecule has 0 aliphatic heterocycles. The van der Waals surface area contributed by atoms with Crippen molar-refractivity contribution >= 4 is 17.4 Å². The number of aromatic nitrogens is 2. The topological polar surface area (TPSA) is 76.7 Å². The van der Waals surface area contributed by atoms with Gasteiger partial charge in [0.15, 0.2) is 0 Å². The number of nitrogens with zero attached hydrogens (tertiary/aromatic N) is 3. The Morgan fingerprint density at radius 3 is 2.35 bits per heavy atom. The minimum atomic E-state index is -4.40. The van der Waals surface area contributed by atoms with Crippen LogP contribution in [-0.4, -0.2) is 26.6 Å². The Hall–Kier alpha value is -3.88. The van der Waals surface area contributed by atoms with E-state index in [0.717, 1.165) is 29.0 Å². The molecule has 1 heterocycles. The van der Waals surface area contributed by atoms with Gasteiger partial charge in [-0.2, -0.15) is 18.3 Å². The molecule has 34 heavy (non-hydrogen) atoms. The fraction of sp³-hybridized carbons (Fsp3) is 0.240. The van der Waals surface area contributed by atoms with Crippen molar-refractivity contribution in [1.29, 1.82) is 0 Å². The normalized spacial score (nSPS) is 12.0. The third kappa shape index (κ3) is 6.12. The van der Waals surface area contributed by atoms with Crippen molar-refractivity contribution in [3.05, 3.63) is 89.3 Å². The van der Waals surface area contributed by atoms with E-state index >= 15 is 0 Å². The number of rotatable bonds is 9. The molecule has 0 bridgehead atoms. The van der Waals surface area contributed by atoms with Crippen molar-refractivity contribution < 1.29 is 27.8 Å². The van der Waals surface area contributed by atoms with Crippen LogP contribution < -0.4 is 4.74 Å². The average Bonchev–Trinajstić information content (AvgIpc) is 3.15. The molecule has 9 heteroatoms. The quantitative estimate of drug-likeness (QED) is 0.417. The van der Waals surface area contributed by atoms with Crippen LogP contribution >= 0.6 is 0 Å². The van der Waals surface area contributed by atoms with Crippen LogP contribution in [0.2, 0.25) is 0 Å². The summed E-state index contributed by atoms with van der Waals surface area (Å²) in [5.74, 6) is -0.596. The summed E-state index contributed by atoms with van der Waals surface area (Å²) in [6, 6.07) is 11.5. The highest BCUT2D eigenvalue weighted by atomic mass is 19.4. The number of halogens is 3. The summed E-state index contributed by atoms with van der Waals surface area (Å²) >= 11 is 0. The minimum Gasteiger partial charge on any atom is -0.487 e. The molecule has 3 rings (SSSR count). The second-order valence-electron chi connectivity index (χ2n) is 7.57. The summed E-state index contributed by atoms with van der Waals surface area (Å²) in [6.45, 7) is 6.06. The van der Waals surface area contributed by atoms with Crippen LogP contribution in [-0.2, 0) is 31.0 Å². The van der Waals surface area contributed by atoms with Crippen LogP contribution in [0.15, 0.2) is 66.3 Å². The average molecular weight is 471 g/mol. The highest BCUT2D eigenvalue weighted by Crippen LogP contribution is 2.30. The van der Waals surface area contributed by atoms with Crippen molar-refractivity contribution in [2.24, 2.45) is 12.0 Å². The zero-order chi connectivity index (χ0) is 24.9. The lowest BCUT2D eigenvalue weighted by molar-refractivity contribution is -0.138. The Kier molecular flexibility index (Phi) is 7.55. The molecule has 0 radical (unpaired) electrons. The van der Waals surface area contributed by atoms with Gasteiger partial charge < -0.3 is 9.84 Å². The summed E-state index contributed by atoms with van der Waals surface area (Å²) in [5.41, 5.74) is 3.39. The largest absolute Gasteiger partial charge is 0.487 e. The first kappa shape index (κ1) is 24.8. The molecule has 1 N–H and O–H groups in total. The lowest BCUT2D eigenvalue weighted by atomic mass is 10.1. The predicted molar refractivity (Wildman–Crippen MR) is 123 cm³/mol. The molecule has 1 aromatic heterocycles. The van der Waals surface area contributed by atoms with Crippen molar-refractivity contribution in [1.82, 2.24) is 9.78 Å². The van der Waals surface area contributed by atoms with Crippen molar-refractivity contribution in [3.63, 3.8) is 0 Å². The van der Waals surface area contributed by atoms with Crippen LogP contribution in [0.1, 0.15) is 41.3 Å². The fourth-order valence-corrected chi connectivity index (χ4v) is 3.31. The maximum Gasteiger partial charge on any atom is 0.416 e. The zero-order valence-electron chi connectivity index (χ0n) is 18.8. The molecule has 3 aromatic rings. The predicted octanol–water partition coefficient (Wildman–Crippen LogP) is 5.52. The standard InChI is InChI=1S/C25H24F3N3O3/c1-4-22(30-16(2)18-7-5-17(6-8-18)13-24(32)33)21-14-29-31(3)23(21)15-34-20-11-9-19(10-12-20)25(26,27)28/h5-12,14H,2,4,13,15H2,1,3H3,(H,32,33). The molecular weight excluding hydrogens is 447 g/mol. The van der Waals surface area contributed by atoms with Gasteiger partial charge in [-0.3, -0.25) is 14.5 Å². The van der Waals surface area contributed by atoms with Crippen LogP contribution in [0, 0.1) is 0 Å². The number of hydrogen-bond acceptors (Lipinski definition) is 4. The van der Waals surface area contributed by atoms with E-state index < -0.39 is 17.7 Å². The van der Waals surface area contributed by atoms with Crippen molar-refractivity contribution in [2.45, 2.75) is 32.5 Å². The van der Waals surface area contributed by atoms with Crippen molar-refractivity contribution in [2.75, 3.05) is 0 Å². The van der Waals surface area contributed by atoms with E-state index in [1.807, 2.05) is 6.92 Å². The molecule has 0 spiro atoms. The van der Waals surface area contributed by atoms with Crippen LogP contribution in [0.25, 0.3) is 5.70 Å². The number of hydrogen-bond donors (Lipinski definition) is 1. The molecule has 0 saturated carbocycles. The molecule has 0 aliphatic rings. The molecule has 2 aromatic carbocycles. The zero-order valence-corrected chi connectivity index (χ0v) is 18.8. The third-order valence-electron chi connectivity index (χ3n) is 5.18. The van der Waals surface area contributed by atoms with Gasteiger partial charge in [0.2, 0.25) is 0 Å². The Morgan fingerprint density at radius 2 is 1.79 bits per heavy atom. The Bertz CT molecular complexity index is 1190. The van der Waals surface area contributed by atoms with E-state index in [0.29, 0.717) is 29.1 Å². The number of aliphatic carboxylic acids is 1. The number of aliphatic imine (C=N–C) groups is 1. The number of carboxylic acids is 1. The van der Waals surface area contributed by atoms with Gasteiger partial charge in [0, 0.05) is 12.6 Å². The third-order valence-corrected chi connectivity index (χ3v) is 5.18. The van der Waals surface area contributed by atoms with Gasteiger partial charge in [-0.05, 0) is 41.8 Å². The van der Waals surface area contributed by atoms with Gasteiger partial charge in [-0.25, -0.2) is 0 Å². The van der Waals surface area contributed by atoms with Gasteiger partial charge in [0.05, 0.1) is 35.3 Å². The molecular formula is C25H24F3N3O3. The van der Waals surface area contributed by atoms with Crippen LogP contribution in [0.3, 0.4) is 0 Å². The fourth-order valence-electron chi connectivity index (χ4n) is 3.31. The number of benzene rings is 2. The first-order chi connectivity index (χ1) is 16.1. The number of aryl methyl sites for hydroxylation is 1. The number of ether oxygens (including phenoxy) is 1. The molecule has 0 aliphatic carbocycles. The Labute approximate surface area is 195 Å². The molecule has 178 valence electrons. The molecule has 0 saturated heterocycles. The second-order valence-corrected chi connectivity index (χ2v) is 7.57. The lowest BCUT2D eigenvalue weighted by Gasteiger charge is -2.12. The van der Waals surface area contributed by atoms with Crippen LogP contribution in [0.4, 0.5) is 13.2 Å². The molecule has 0 unspecified atom stereocenters. The van der Waals surface area contributed by atoms with E-state index in [1.165, 1.54) is 12.1 Å². The molecule has 0 fully saturated rings. The van der Waals surface area contributed by atoms with Gasteiger partial charge in [0.25, 0.3) is 0 Å². The Morgan fingerprint density at radius 1 is 1.15 bits per heavy atom.